The van der Waals surface area contributed by atoms with Crippen LogP contribution < -0.4 is 5.43 Å². The quantitative estimate of drug-likeness (QED) is 0.841. The molecule has 0 saturated carbocycles. The highest BCUT2D eigenvalue weighted by molar-refractivity contribution is 5.78. The van der Waals surface area contributed by atoms with Crippen LogP contribution in [-0.2, 0) is 11.2 Å². The largest absolute Gasteiger partial charge is 0.464 e. The summed E-state index contributed by atoms with van der Waals surface area (Å²) in [5.41, 5.74) is 1.10. The first-order valence-electron chi connectivity index (χ1n) is 6.94. The standard InChI is InChI=1S/C16H19NO3/c1-3-17(4-2)15(18)10-9-12-11-20-14-8-6-5-7-13(14)16(12)19/h5-8,11H,3-4,9-10H2,1-2H3. The monoisotopic (exact) mass is 273 g/mol. The highest BCUT2D eigenvalue weighted by Crippen LogP contribution is 2.11. The van der Waals surface area contributed by atoms with Crippen LogP contribution in [0.3, 0.4) is 0 Å². The van der Waals surface area contributed by atoms with E-state index in [1.807, 2.05) is 26.0 Å². The maximum Gasteiger partial charge on any atom is 0.222 e. The topological polar surface area (TPSA) is 50.5 Å². The molecule has 0 aliphatic carbocycles. The number of fused-ring (bicyclic) bond motifs is 1. The Bertz CT molecular complexity index is 656. The molecule has 0 bridgehead atoms. The average Bonchev–Trinajstić information content (AvgIpc) is 2.48. The van der Waals surface area contributed by atoms with Gasteiger partial charge in [-0.2, -0.15) is 0 Å². The second kappa shape index (κ2) is 6.37. The van der Waals surface area contributed by atoms with Crippen LogP contribution in [0.5, 0.6) is 0 Å². The zero-order valence-electron chi connectivity index (χ0n) is 11.9. The van der Waals surface area contributed by atoms with Crippen molar-refractivity contribution in [2.45, 2.75) is 26.7 Å². The number of aryl methyl sites for hydroxylation is 1. The number of benzene rings is 1. The third kappa shape index (κ3) is 2.90. The first kappa shape index (κ1) is 14.3. The summed E-state index contributed by atoms with van der Waals surface area (Å²) in [7, 11) is 0. The Labute approximate surface area is 118 Å². The summed E-state index contributed by atoms with van der Waals surface area (Å²) >= 11 is 0. The Hall–Kier alpha value is -2.10. The van der Waals surface area contributed by atoms with E-state index in [9.17, 15) is 9.59 Å². The summed E-state index contributed by atoms with van der Waals surface area (Å²) in [6, 6.07) is 7.15. The molecule has 4 heteroatoms. The molecule has 0 spiro atoms. The van der Waals surface area contributed by atoms with E-state index in [1.54, 1.807) is 17.0 Å². The molecular weight excluding hydrogens is 254 g/mol. The normalized spacial score (nSPS) is 10.7. The number of nitrogens with zero attached hydrogens (tertiary/aromatic N) is 1. The summed E-state index contributed by atoms with van der Waals surface area (Å²) in [6.07, 6.45) is 2.23. The maximum absolute atomic E-state index is 12.3. The second-order valence-electron chi connectivity index (χ2n) is 4.65. The van der Waals surface area contributed by atoms with E-state index in [2.05, 4.69) is 0 Å². The molecule has 20 heavy (non-hydrogen) atoms. The van der Waals surface area contributed by atoms with Gasteiger partial charge in [0.05, 0.1) is 11.6 Å². The molecule has 1 heterocycles. The molecule has 106 valence electrons. The predicted molar refractivity (Wildman–Crippen MR) is 78.7 cm³/mol. The van der Waals surface area contributed by atoms with Crippen LogP contribution in [0.15, 0.2) is 39.7 Å². The van der Waals surface area contributed by atoms with Crippen LogP contribution in [0.1, 0.15) is 25.8 Å². The smallest absolute Gasteiger partial charge is 0.222 e. The molecule has 0 atom stereocenters. The van der Waals surface area contributed by atoms with Gasteiger partial charge in [-0.3, -0.25) is 9.59 Å². The van der Waals surface area contributed by atoms with E-state index in [0.717, 1.165) is 0 Å². The van der Waals surface area contributed by atoms with Crippen molar-refractivity contribution in [3.05, 3.63) is 46.3 Å². The summed E-state index contributed by atoms with van der Waals surface area (Å²) in [6.45, 7) is 5.29. The maximum atomic E-state index is 12.3. The van der Waals surface area contributed by atoms with Crippen LogP contribution in [0.4, 0.5) is 0 Å². The Morgan fingerprint density at radius 2 is 1.90 bits per heavy atom. The van der Waals surface area contributed by atoms with Gasteiger partial charge in [0.2, 0.25) is 5.91 Å². The Morgan fingerprint density at radius 3 is 2.60 bits per heavy atom. The summed E-state index contributed by atoms with van der Waals surface area (Å²) in [5.74, 6) is 0.0718. The van der Waals surface area contributed by atoms with Crippen LogP contribution in [0, 0.1) is 0 Å². The van der Waals surface area contributed by atoms with Crippen LogP contribution in [-0.4, -0.2) is 23.9 Å². The lowest BCUT2D eigenvalue weighted by atomic mass is 10.1. The number of rotatable bonds is 5. The third-order valence-corrected chi connectivity index (χ3v) is 3.48. The minimum Gasteiger partial charge on any atom is -0.464 e. The van der Waals surface area contributed by atoms with Gasteiger partial charge in [-0.25, -0.2) is 0 Å². The molecule has 0 radical (unpaired) electrons. The van der Waals surface area contributed by atoms with Gasteiger partial charge < -0.3 is 9.32 Å². The lowest BCUT2D eigenvalue weighted by Gasteiger charge is -2.18. The SMILES string of the molecule is CCN(CC)C(=O)CCc1coc2ccccc2c1=O. The first-order chi connectivity index (χ1) is 9.67. The molecule has 4 nitrogen and oxygen atoms in total. The van der Waals surface area contributed by atoms with E-state index in [-0.39, 0.29) is 11.3 Å². The molecule has 0 N–H and O–H groups in total. The minimum absolute atomic E-state index is 0.0424. The van der Waals surface area contributed by atoms with E-state index in [1.165, 1.54) is 6.26 Å². The van der Waals surface area contributed by atoms with Crippen molar-refractivity contribution in [3.63, 3.8) is 0 Å². The van der Waals surface area contributed by atoms with Crippen molar-refractivity contribution in [1.82, 2.24) is 4.90 Å². The fourth-order valence-corrected chi connectivity index (χ4v) is 2.27. The van der Waals surface area contributed by atoms with E-state index < -0.39 is 0 Å². The molecule has 2 aromatic rings. The van der Waals surface area contributed by atoms with E-state index in [0.29, 0.717) is 42.5 Å². The van der Waals surface area contributed by atoms with Gasteiger partial charge in [-0.05, 0) is 32.4 Å². The van der Waals surface area contributed by atoms with Crippen molar-refractivity contribution in [2.24, 2.45) is 0 Å². The minimum atomic E-state index is -0.0424. The van der Waals surface area contributed by atoms with Gasteiger partial charge >= 0.3 is 0 Å². The molecule has 0 aliphatic heterocycles. The first-order valence-corrected chi connectivity index (χ1v) is 6.94. The molecule has 1 aromatic heterocycles. The number of carbonyl (C=O) groups is 1. The summed E-state index contributed by atoms with van der Waals surface area (Å²) < 4.78 is 5.44. The average molecular weight is 273 g/mol. The van der Waals surface area contributed by atoms with Gasteiger partial charge in [0.15, 0.2) is 5.43 Å². The predicted octanol–water partition coefficient (Wildman–Crippen LogP) is 2.59. The zero-order chi connectivity index (χ0) is 14.5. The molecule has 0 aliphatic rings. The van der Waals surface area contributed by atoms with Crippen molar-refractivity contribution in [3.8, 4) is 0 Å². The van der Waals surface area contributed by atoms with Gasteiger partial charge in [-0.15, -0.1) is 0 Å². The van der Waals surface area contributed by atoms with Crippen molar-refractivity contribution in [2.75, 3.05) is 13.1 Å². The van der Waals surface area contributed by atoms with Crippen molar-refractivity contribution in [1.29, 1.82) is 0 Å². The van der Waals surface area contributed by atoms with E-state index >= 15 is 0 Å². The summed E-state index contributed by atoms with van der Waals surface area (Å²) in [5, 5.41) is 0.570. The van der Waals surface area contributed by atoms with Gasteiger partial charge in [0.1, 0.15) is 5.58 Å². The van der Waals surface area contributed by atoms with Crippen LogP contribution >= 0.6 is 0 Å². The number of carbonyl (C=O) groups excluding carboxylic acids is 1. The third-order valence-electron chi connectivity index (χ3n) is 3.48. The van der Waals surface area contributed by atoms with Gasteiger partial charge in [-0.1, -0.05) is 12.1 Å². The van der Waals surface area contributed by atoms with Gasteiger partial charge in [0.25, 0.3) is 0 Å². The Balaban J connectivity index is 2.17. The molecular formula is C16H19NO3. The Kier molecular flexibility index (Phi) is 4.56. The lowest BCUT2D eigenvalue weighted by molar-refractivity contribution is -0.130. The summed E-state index contributed by atoms with van der Waals surface area (Å²) in [4.78, 5) is 26.0. The highest BCUT2D eigenvalue weighted by Gasteiger charge is 2.12. The second-order valence-corrected chi connectivity index (χ2v) is 4.65. The van der Waals surface area contributed by atoms with E-state index in [4.69, 9.17) is 4.42 Å². The zero-order valence-corrected chi connectivity index (χ0v) is 11.9. The van der Waals surface area contributed by atoms with Crippen molar-refractivity contribution < 1.29 is 9.21 Å². The Morgan fingerprint density at radius 1 is 1.20 bits per heavy atom. The van der Waals surface area contributed by atoms with Crippen LogP contribution in [0.2, 0.25) is 0 Å². The molecule has 2 rings (SSSR count). The van der Waals surface area contributed by atoms with Crippen molar-refractivity contribution >= 4 is 16.9 Å². The molecule has 0 saturated heterocycles. The fourth-order valence-electron chi connectivity index (χ4n) is 2.27. The highest BCUT2D eigenvalue weighted by atomic mass is 16.3. The number of para-hydroxylation sites is 1. The molecule has 1 aromatic carbocycles. The molecule has 0 fully saturated rings. The molecule has 1 amide bonds. The molecule has 0 unspecified atom stereocenters. The van der Waals surface area contributed by atoms with Gasteiger partial charge in [0, 0.05) is 25.1 Å². The number of amides is 1. The lowest BCUT2D eigenvalue weighted by Crippen LogP contribution is -2.30. The number of hydrogen-bond acceptors (Lipinski definition) is 3. The fraction of sp³-hybridized carbons (Fsp3) is 0.375. The number of hydrogen-bond donors (Lipinski definition) is 0. The van der Waals surface area contributed by atoms with Crippen LogP contribution in [0.25, 0.3) is 11.0 Å².